The van der Waals surface area contributed by atoms with Crippen LogP contribution in [0.15, 0.2) is 72.0 Å². The van der Waals surface area contributed by atoms with E-state index in [-0.39, 0.29) is 5.91 Å². The average Bonchev–Trinajstić information content (AvgIpc) is 3.18. The molecule has 27 heavy (non-hydrogen) atoms. The van der Waals surface area contributed by atoms with Gasteiger partial charge < -0.3 is 0 Å². The van der Waals surface area contributed by atoms with E-state index >= 15 is 0 Å². The van der Waals surface area contributed by atoms with Crippen LogP contribution in [0, 0.1) is 5.92 Å². The second-order valence-electron chi connectivity index (χ2n) is 6.33. The normalized spacial score (nSPS) is 11.2. The molecule has 0 aliphatic carbocycles. The maximum absolute atomic E-state index is 12.8. The van der Waals surface area contributed by atoms with Crippen LogP contribution in [0.3, 0.4) is 0 Å². The van der Waals surface area contributed by atoms with Crippen LogP contribution < -0.4 is 5.43 Å². The molecule has 1 heterocycles. The monoisotopic (exact) mass is 360 g/mol. The molecule has 0 bridgehead atoms. The van der Waals surface area contributed by atoms with Gasteiger partial charge in [-0.15, -0.1) is 0 Å². The topological polar surface area (TPSA) is 59.3 Å². The fourth-order valence-corrected chi connectivity index (χ4v) is 2.82. The first-order chi connectivity index (χ1) is 13.2. The molecule has 1 amide bonds. The summed E-state index contributed by atoms with van der Waals surface area (Å²) >= 11 is 0. The third-order valence-electron chi connectivity index (χ3n) is 4.53. The summed E-state index contributed by atoms with van der Waals surface area (Å²) < 4.78 is 1.72. The van der Waals surface area contributed by atoms with Crippen molar-refractivity contribution in [2.75, 3.05) is 0 Å². The summed E-state index contributed by atoms with van der Waals surface area (Å²) in [5.41, 5.74) is 5.56. The van der Waals surface area contributed by atoms with Crippen molar-refractivity contribution in [3.05, 3.63) is 72.4 Å². The Morgan fingerprint density at radius 2 is 1.70 bits per heavy atom. The Morgan fingerprint density at radius 1 is 1.07 bits per heavy atom. The van der Waals surface area contributed by atoms with Crippen molar-refractivity contribution in [2.45, 2.75) is 26.7 Å². The maximum Gasteiger partial charge on any atom is 0.275 e. The number of hydrazone groups is 1. The number of amides is 1. The molecule has 0 aliphatic rings. The van der Waals surface area contributed by atoms with Crippen molar-refractivity contribution in [2.24, 2.45) is 11.0 Å². The predicted molar refractivity (Wildman–Crippen MR) is 109 cm³/mol. The first kappa shape index (κ1) is 18.6. The van der Waals surface area contributed by atoms with Crippen LogP contribution in [0.5, 0.6) is 0 Å². The van der Waals surface area contributed by atoms with Crippen LogP contribution in [0.4, 0.5) is 0 Å². The van der Waals surface area contributed by atoms with E-state index in [2.05, 4.69) is 29.5 Å². The van der Waals surface area contributed by atoms with Gasteiger partial charge in [-0.3, -0.25) is 4.79 Å². The third kappa shape index (κ3) is 4.50. The summed E-state index contributed by atoms with van der Waals surface area (Å²) in [6.45, 7) is 4.22. The van der Waals surface area contributed by atoms with E-state index in [1.807, 2.05) is 66.9 Å². The van der Waals surface area contributed by atoms with Gasteiger partial charge in [0.15, 0.2) is 0 Å². The SMILES string of the molecule is CCC(/C=N\NC(=O)c1cn(-c2ccccc2)nc1-c1ccccc1)CC. The molecule has 0 fully saturated rings. The summed E-state index contributed by atoms with van der Waals surface area (Å²) in [5, 5.41) is 8.80. The molecule has 1 N–H and O–H groups in total. The standard InChI is InChI=1S/C22H24N4O/c1-3-17(4-2)15-23-24-22(27)20-16-26(19-13-9-6-10-14-19)25-21(20)18-11-7-5-8-12-18/h5-17H,3-4H2,1-2H3,(H,24,27)/b23-15-. The first-order valence-corrected chi connectivity index (χ1v) is 9.27. The molecule has 0 atom stereocenters. The van der Waals surface area contributed by atoms with Crippen molar-refractivity contribution in [3.8, 4) is 16.9 Å². The van der Waals surface area contributed by atoms with Crippen LogP contribution in [-0.2, 0) is 0 Å². The van der Waals surface area contributed by atoms with E-state index < -0.39 is 0 Å². The van der Waals surface area contributed by atoms with E-state index in [1.54, 1.807) is 10.9 Å². The lowest BCUT2D eigenvalue weighted by molar-refractivity contribution is 0.0955. The Morgan fingerprint density at radius 3 is 2.33 bits per heavy atom. The van der Waals surface area contributed by atoms with Gasteiger partial charge in [0.2, 0.25) is 0 Å². The number of carbonyl (C=O) groups is 1. The van der Waals surface area contributed by atoms with Crippen molar-refractivity contribution >= 4 is 12.1 Å². The maximum atomic E-state index is 12.8. The first-order valence-electron chi connectivity index (χ1n) is 9.27. The van der Waals surface area contributed by atoms with Gasteiger partial charge in [0.1, 0.15) is 5.69 Å². The number of hydrogen-bond acceptors (Lipinski definition) is 3. The van der Waals surface area contributed by atoms with Gasteiger partial charge >= 0.3 is 0 Å². The van der Waals surface area contributed by atoms with Gasteiger partial charge in [-0.05, 0) is 30.9 Å². The second-order valence-corrected chi connectivity index (χ2v) is 6.33. The molecule has 1 aromatic heterocycles. The van der Waals surface area contributed by atoms with Crippen LogP contribution in [0.25, 0.3) is 16.9 Å². The Bertz CT molecular complexity index is 897. The predicted octanol–water partition coefficient (Wildman–Crippen LogP) is 4.69. The van der Waals surface area contributed by atoms with E-state index in [9.17, 15) is 4.79 Å². The summed E-state index contributed by atoms with van der Waals surface area (Å²) in [6, 6.07) is 19.4. The van der Waals surface area contributed by atoms with E-state index in [0.717, 1.165) is 24.1 Å². The van der Waals surface area contributed by atoms with E-state index in [4.69, 9.17) is 0 Å². The zero-order valence-corrected chi connectivity index (χ0v) is 15.7. The smallest absolute Gasteiger partial charge is 0.267 e. The molecule has 0 saturated heterocycles. The van der Waals surface area contributed by atoms with Crippen LogP contribution in [0.2, 0.25) is 0 Å². The molecule has 5 heteroatoms. The number of benzene rings is 2. The zero-order valence-electron chi connectivity index (χ0n) is 15.7. The Hall–Kier alpha value is -3.21. The molecule has 0 saturated carbocycles. The number of nitrogens with zero attached hydrogens (tertiary/aromatic N) is 3. The molecule has 3 aromatic rings. The minimum Gasteiger partial charge on any atom is -0.267 e. The van der Waals surface area contributed by atoms with Gasteiger partial charge in [-0.25, -0.2) is 10.1 Å². The van der Waals surface area contributed by atoms with Crippen LogP contribution >= 0.6 is 0 Å². The number of rotatable bonds is 7. The Kier molecular flexibility index (Phi) is 6.15. The molecule has 5 nitrogen and oxygen atoms in total. The molecule has 0 radical (unpaired) electrons. The molecular weight excluding hydrogens is 336 g/mol. The molecule has 138 valence electrons. The number of carbonyl (C=O) groups excluding carboxylic acids is 1. The molecule has 2 aromatic carbocycles. The van der Waals surface area contributed by atoms with Crippen molar-refractivity contribution in [1.82, 2.24) is 15.2 Å². The van der Waals surface area contributed by atoms with Crippen molar-refractivity contribution in [3.63, 3.8) is 0 Å². The highest BCUT2D eigenvalue weighted by Gasteiger charge is 2.18. The number of nitrogens with one attached hydrogen (secondary N) is 1. The Labute approximate surface area is 159 Å². The minimum absolute atomic E-state index is 0.266. The van der Waals surface area contributed by atoms with Gasteiger partial charge in [0, 0.05) is 18.0 Å². The molecule has 0 unspecified atom stereocenters. The third-order valence-corrected chi connectivity index (χ3v) is 4.53. The van der Waals surface area contributed by atoms with Crippen LogP contribution in [-0.4, -0.2) is 21.9 Å². The summed E-state index contributed by atoms with van der Waals surface area (Å²) in [7, 11) is 0. The van der Waals surface area contributed by atoms with Gasteiger partial charge in [0.05, 0.1) is 11.3 Å². The quantitative estimate of drug-likeness (QED) is 0.491. The molecular formula is C22H24N4O. The van der Waals surface area contributed by atoms with Crippen molar-refractivity contribution in [1.29, 1.82) is 0 Å². The number of aromatic nitrogens is 2. The number of para-hydroxylation sites is 1. The average molecular weight is 360 g/mol. The van der Waals surface area contributed by atoms with Gasteiger partial charge in [0.25, 0.3) is 5.91 Å². The van der Waals surface area contributed by atoms with Gasteiger partial charge in [-0.2, -0.15) is 10.2 Å². The largest absolute Gasteiger partial charge is 0.275 e. The minimum atomic E-state index is -0.266. The van der Waals surface area contributed by atoms with Crippen LogP contribution in [0.1, 0.15) is 37.0 Å². The summed E-state index contributed by atoms with van der Waals surface area (Å²) in [6.07, 6.45) is 5.55. The summed E-state index contributed by atoms with van der Waals surface area (Å²) in [4.78, 5) is 12.8. The Balaban J connectivity index is 1.93. The lowest BCUT2D eigenvalue weighted by atomic mass is 10.1. The lowest BCUT2D eigenvalue weighted by Gasteiger charge is -2.04. The van der Waals surface area contributed by atoms with Gasteiger partial charge in [-0.1, -0.05) is 62.4 Å². The zero-order chi connectivity index (χ0) is 19.1. The molecule has 0 aliphatic heterocycles. The highest BCUT2D eigenvalue weighted by atomic mass is 16.2. The highest BCUT2D eigenvalue weighted by Crippen LogP contribution is 2.23. The fourth-order valence-electron chi connectivity index (χ4n) is 2.82. The molecule has 3 rings (SSSR count). The second kappa shape index (κ2) is 8.94. The van der Waals surface area contributed by atoms with Crippen molar-refractivity contribution < 1.29 is 4.79 Å². The molecule has 0 spiro atoms. The summed E-state index contributed by atoms with van der Waals surface area (Å²) in [5.74, 6) is 0.101. The fraction of sp³-hybridized carbons (Fsp3) is 0.227. The van der Waals surface area contributed by atoms with E-state index in [0.29, 0.717) is 17.2 Å². The lowest BCUT2D eigenvalue weighted by Crippen LogP contribution is -2.18. The van der Waals surface area contributed by atoms with E-state index in [1.165, 1.54) is 0 Å². The number of hydrogen-bond donors (Lipinski definition) is 1. The highest BCUT2D eigenvalue weighted by molar-refractivity contribution is 6.00.